The summed E-state index contributed by atoms with van der Waals surface area (Å²) in [6.07, 6.45) is 4.82. The van der Waals surface area contributed by atoms with Crippen molar-refractivity contribution in [3.63, 3.8) is 0 Å². The van der Waals surface area contributed by atoms with Crippen LogP contribution in [0.3, 0.4) is 0 Å². The number of nitrogens with one attached hydrogen (secondary N) is 1. The topological polar surface area (TPSA) is 35.6 Å². The molecule has 1 N–H and O–H groups in total. The first-order chi connectivity index (χ1) is 9.08. The molecule has 0 aromatic rings. The molecule has 0 aromatic heterocycles. The van der Waals surface area contributed by atoms with Gasteiger partial charge in [0.05, 0.1) is 6.04 Å². The van der Waals surface area contributed by atoms with E-state index < -0.39 is 0 Å². The van der Waals surface area contributed by atoms with Gasteiger partial charge >= 0.3 is 0 Å². The summed E-state index contributed by atoms with van der Waals surface area (Å²) in [6.45, 7) is 10.6. The molecule has 1 aliphatic rings. The van der Waals surface area contributed by atoms with E-state index in [-0.39, 0.29) is 11.9 Å². The first-order valence-electron chi connectivity index (χ1n) is 7.81. The molecule has 112 valence electrons. The number of nitrogens with zero attached hydrogens (tertiary/aromatic N) is 2. The van der Waals surface area contributed by atoms with Gasteiger partial charge in [-0.15, -0.1) is 0 Å². The fourth-order valence-electron chi connectivity index (χ4n) is 2.77. The lowest BCUT2D eigenvalue weighted by Crippen LogP contribution is -2.47. The van der Waals surface area contributed by atoms with E-state index in [1.54, 1.807) is 4.90 Å². The molecule has 0 saturated carbocycles. The summed E-state index contributed by atoms with van der Waals surface area (Å²) in [7, 11) is 1.87. The predicted octanol–water partition coefficient (Wildman–Crippen LogP) is 1.71. The molecule has 0 spiro atoms. The maximum Gasteiger partial charge on any atom is 0.239 e. The maximum absolute atomic E-state index is 12.1. The zero-order valence-corrected chi connectivity index (χ0v) is 13.1. The Morgan fingerprint density at radius 3 is 2.74 bits per heavy atom. The number of likely N-dealkylation sites (N-methyl/N-ethyl adjacent to an activating group) is 1. The number of carbonyl (C=O) groups is 1. The third kappa shape index (κ3) is 5.49. The zero-order valence-electron chi connectivity index (χ0n) is 13.1. The Bertz CT molecular complexity index is 270. The monoisotopic (exact) mass is 269 g/mol. The highest BCUT2D eigenvalue weighted by Gasteiger charge is 2.22. The van der Waals surface area contributed by atoms with Gasteiger partial charge < -0.3 is 15.1 Å². The Hall–Kier alpha value is -0.610. The summed E-state index contributed by atoms with van der Waals surface area (Å²) < 4.78 is 0. The molecule has 1 rings (SSSR count). The van der Waals surface area contributed by atoms with Crippen LogP contribution in [0.15, 0.2) is 0 Å². The molecule has 1 heterocycles. The lowest BCUT2D eigenvalue weighted by atomic mass is 10.1. The fraction of sp³-hybridized carbons (Fsp3) is 0.933. The van der Waals surface area contributed by atoms with E-state index in [0.717, 1.165) is 19.5 Å². The SMILES string of the molecule is CCCN1CCCC(NC(C)C(=O)N(C)CC)CC1. The van der Waals surface area contributed by atoms with E-state index in [0.29, 0.717) is 6.04 Å². The number of likely N-dealkylation sites (tertiary alicyclic amines) is 1. The minimum Gasteiger partial charge on any atom is -0.345 e. The number of hydrogen-bond acceptors (Lipinski definition) is 3. The summed E-state index contributed by atoms with van der Waals surface area (Å²) in [5.41, 5.74) is 0. The molecule has 19 heavy (non-hydrogen) atoms. The van der Waals surface area contributed by atoms with Crippen molar-refractivity contribution in [2.24, 2.45) is 0 Å². The van der Waals surface area contributed by atoms with Crippen molar-refractivity contribution >= 4 is 5.91 Å². The van der Waals surface area contributed by atoms with Crippen molar-refractivity contribution in [1.29, 1.82) is 0 Å². The van der Waals surface area contributed by atoms with Crippen molar-refractivity contribution in [3.05, 3.63) is 0 Å². The smallest absolute Gasteiger partial charge is 0.239 e. The molecule has 1 amide bonds. The van der Waals surface area contributed by atoms with Crippen LogP contribution in [-0.4, -0.2) is 61.0 Å². The summed E-state index contributed by atoms with van der Waals surface area (Å²) in [6, 6.07) is 0.429. The van der Waals surface area contributed by atoms with Gasteiger partial charge in [0.2, 0.25) is 5.91 Å². The van der Waals surface area contributed by atoms with Crippen LogP contribution in [0.4, 0.5) is 0 Å². The van der Waals surface area contributed by atoms with Gasteiger partial charge in [-0.2, -0.15) is 0 Å². The van der Waals surface area contributed by atoms with Crippen LogP contribution < -0.4 is 5.32 Å². The fourth-order valence-corrected chi connectivity index (χ4v) is 2.77. The number of carbonyl (C=O) groups excluding carboxylic acids is 1. The Morgan fingerprint density at radius 1 is 1.37 bits per heavy atom. The summed E-state index contributed by atoms with van der Waals surface area (Å²) in [5, 5.41) is 3.52. The molecular weight excluding hydrogens is 238 g/mol. The third-order valence-electron chi connectivity index (χ3n) is 4.07. The van der Waals surface area contributed by atoms with Crippen LogP contribution in [0.1, 0.15) is 46.5 Å². The number of amides is 1. The normalized spacial score (nSPS) is 22.8. The molecule has 0 aromatic carbocycles. The Labute approximate surface area is 118 Å². The highest BCUT2D eigenvalue weighted by atomic mass is 16.2. The minimum absolute atomic E-state index is 0.0623. The molecule has 0 bridgehead atoms. The van der Waals surface area contributed by atoms with Crippen LogP contribution >= 0.6 is 0 Å². The second-order valence-electron chi connectivity index (χ2n) is 5.71. The van der Waals surface area contributed by atoms with Gasteiger partial charge in [0.15, 0.2) is 0 Å². The zero-order chi connectivity index (χ0) is 14.3. The lowest BCUT2D eigenvalue weighted by Gasteiger charge is -2.25. The van der Waals surface area contributed by atoms with Crippen LogP contribution in [0.25, 0.3) is 0 Å². The largest absolute Gasteiger partial charge is 0.345 e. The third-order valence-corrected chi connectivity index (χ3v) is 4.07. The van der Waals surface area contributed by atoms with Crippen molar-refractivity contribution in [1.82, 2.24) is 15.1 Å². The molecular formula is C15H31N3O. The second kappa shape index (κ2) is 8.54. The summed E-state index contributed by atoms with van der Waals surface area (Å²) in [5.74, 6) is 0.206. The van der Waals surface area contributed by atoms with E-state index in [1.165, 1.54) is 32.4 Å². The Balaban J connectivity index is 2.38. The first-order valence-corrected chi connectivity index (χ1v) is 7.81. The van der Waals surface area contributed by atoms with Crippen molar-refractivity contribution < 1.29 is 4.79 Å². The van der Waals surface area contributed by atoms with Crippen LogP contribution in [0.5, 0.6) is 0 Å². The minimum atomic E-state index is -0.0623. The van der Waals surface area contributed by atoms with Gasteiger partial charge in [-0.05, 0) is 59.2 Å². The molecule has 4 nitrogen and oxygen atoms in total. The molecule has 1 fully saturated rings. The molecule has 1 saturated heterocycles. The van der Waals surface area contributed by atoms with Gasteiger partial charge in [0, 0.05) is 19.6 Å². The molecule has 0 aliphatic carbocycles. The molecule has 0 radical (unpaired) electrons. The van der Waals surface area contributed by atoms with Crippen molar-refractivity contribution in [2.45, 2.75) is 58.5 Å². The molecule has 1 aliphatic heterocycles. The van der Waals surface area contributed by atoms with E-state index in [1.807, 2.05) is 20.9 Å². The van der Waals surface area contributed by atoms with Crippen molar-refractivity contribution in [2.75, 3.05) is 33.2 Å². The average Bonchev–Trinajstić information content (AvgIpc) is 2.63. The van der Waals surface area contributed by atoms with E-state index in [9.17, 15) is 4.79 Å². The van der Waals surface area contributed by atoms with Crippen LogP contribution in [0.2, 0.25) is 0 Å². The molecule has 2 unspecified atom stereocenters. The van der Waals surface area contributed by atoms with Gasteiger partial charge in [-0.1, -0.05) is 6.92 Å². The van der Waals surface area contributed by atoms with Crippen molar-refractivity contribution in [3.8, 4) is 0 Å². The Morgan fingerprint density at radius 2 is 2.11 bits per heavy atom. The first kappa shape index (κ1) is 16.4. The maximum atomic E-state index is 12.1. The summed E-state index contributed by atoms with van der Waals surface area (Å²) in [4.78, 5) is 16.4. The van der Waals surface area contributed by atoms with Gasteiger partial charge in [0.25, 0.3) is 0 Å². The average molecular weight is 269 g/mol. The van der Waals surface area contributed by atoms with E-state index in [4.69, 9.17) is 0 Å². The highest BCUT2D eigenvalue weighted by Crippen LogP contribution is 2.12. The second-order valence-corrected chi connectivity index (χ2v) is 5.71. The lowest BCUT2D eigenvalue weighted by molar-refractivity contribution is -0.131. The van der Waals surface area contributed by atoms with Gasteiger partial charge in [-0.3, -0.25) is 4.79 Å². The number of hydrogen-bond donors (Lipinski definition) is 1. The summed E-state index contributed by atoms with van der Waals surface area (Å²) >= 11 is 0. The molecule has 4 heteroatoms. The predicted molar refractivity (Wildman–Crippen MR) is 80.3 cm³/mol. The quantitative estimate of drug-likeness (QED) is 0.797. The Kier molecular flexibility index (Phi) is 7.39. The highest BCUT2D eigenvalue weighted by molar-refractivity contribution is 5.81. The molecule has 2 atom stereocenters. The van der Waals surface area contributed by atoms with E-state index in [2.05, 4.69) is 17.1 Å². The van der Waals surface area contributed by atoms with E-state index >= 15 is 0 Å². The van der Waals surface area contributed by atoms with Crippen LogP contribution in [0, 0.1) is 0 Å². The van der Waals surface area contributed by atoms with Crippen LogP contribution in [-0.2, 0) is 4.79 Å². The standard InChI is InChI=1S/C15H31N3O/c1-5-10-18-11-7-8-14(9-12-18)16-13(3)15(19)17(4)6-2/h13-14,16H,5-12H2,1-4H3. The van der Waals surface area contributed by atoms with Gasteiger partial charge in [0.1, 0.15) is 0 Å². The number of rotatable bonds is 6. The van der Waals surface area contributed by atoms with Gasteiger partial charge in [-0.25, -0.2) is 0 Å².